The number of fused-ring (bicyclic) bond motifs is 1. The summed E-state index contributed by atoms with van der Waals surface area (Å²) in [5, 5.41) is 2.05. The number of carbonyl (C=O) groups is 1. The third-order valence-corrected chi connectivity index (χ3v) is 8.06. The molecule has 0 N–H and O–H groups in total. The highest BCUT2D eigenvalue weighted by Crippen LogP contribution is 2.33. The van der Waals surface area contributed by atoms with Gasteiger partial charge in [0.25, 0.3) is 5.56 Å². The zero-order chi connectivity index (χ0) is 30.3. The number of hydrogen-bond acceptors (Lipinski definition) is 7. The smallest absolute Gasteiger partial charge is 0.494 e. The topological polar surface area (TPSA) is 73.2 Å². The summed E-state index contributed by atoms with van der Waals surface area (Å²) in [4.78, 5) is 29.6. The molecule has 2 aromatic carbocycles. The molecule has 0 saturated carbocycles. The van der Waals surface area contributed by atoms with Crippen LogP contribution in [0, 0.1) is 5.41 Å². The second-order valence-electron chi connectivity index (χ2n) is 12.0. The van der Waals surface area contributed by atoms with Crippen LogP contribution in [0.5, 0.6) is 5.75 Å². The molecule has 1 aromatic heterocycles. The highest BCUT2D eigenvalue weighted by molar-refractivity contribution is 6.43. The lowest BCUT2D eigenvalue weighted by Crippen LogP contribution is -2.46. The van der Waals surface area contributed by atoms with Crippen molar-refractivity contribution in [3.05, 3.63) is 68.9 Å². The average molecular weight is 619 g/mol. The molecule has 0 radical (unpaired) electrons. The lowest BCUT2D eigenvalue weighted by molar-refractivity contribution is 0.00165. The maximum atomic E-state index is 12.6. The summed E-state index contributed by atoms with van der Waals surface area (Å²) >= 11 is 12.6. The van der Waals surface area contributed by atoms with Gasteiger partial charge < -0.3 is 19.1 Å². The molecule has 42 heavy (non-hydrogen) atoms. The Balaban J connectivity index is 1.23. The minimum absolute atomic E-state index is 0.0194. The molecule has 1 fully saturated rings. The molecule has 2 heterocycles. The van der Waals surface area contributed by atoms with Crippen molar-refractivity contribution in [1.82, 2.24) is 9.47 Å². The van der Waals surface area contributed by atoms with Crippen LogP contribution in [-0.4, -0.2) is 61.1 Å². The summed E-state index contributed by atoms with van der Waals surface area (Å²) in [5.41, 5.74) is 1.38. The minimum Gasteiger partial charge on any atom is -0.494 e. The molecule has 228 valence electrons. The molecule has 4 rings (SSSR count). The second-order valence-corrected chi connectivity index (χ2v) is 12.8. The van der Waals surface area contributed by atoms with Gasteiger partial charge in [0.1, 0.15) is 11.9 Å². The number of pyridine rings is 1. The third-order valence-electron chi connectivity index (χ3n) is 7.25. The molecule has 0 bridgehead atoms. The molecular formula is C32H41Cl2N3O5. The molecule has 0 spiro atoms. The number of nitrogens with zero attached hydrogens (tertiary/aromatic N) is 3. The first kappa shape index (κ1) is 32.0. The van der Waals surface area contributed by atoms with E-state index >= 15 is 0 Å². The van der Waals surface area contributed by atoms with Crippen molar-refractivity contribution in [1.29, 1.82) is 0 Å². The van der Waals surface area contributed by atoms with Gasteiger partial charge in [0.05, 0.1) is 27.9 Å². The first-order valence-corrected chi connectivity index (χ1v) is 15.3. The maximum absolute atomic E-state index is 12.6. The number of benzene rings is 2. The zero-order valence-corrected chi connectivity index (χ0v) is 26.4. The maximum Gasteiger partial charge on any atom is 0.510 e. The molecule has 1 atom stereocenters. The van der Waals surface area contributed by atoms with Crippen molar-refractivity contribution in [2.75, 3.05) is 44.2 Å². The van der Waals surface area contributed by atoms with E-state index in [2.05, 4.69) is 30.6 Å². The van der Waals surface area contributed by atoms with Crippen LogP contribution in [0.15, 0.2) is 53.3 Å². The Morgan fingerprint density at radius 2 is 1.74 bits per heavy atom. The second kappa shape index (κ2) is 14.5. The van der Waals surface area contributed by atoms with Gasteiger partial charge in [-0.25, -0.2) is 4.79 Å². The largest absolute Gasteiger partial charge is 0.510 e. The van der Waals surface area contributed by atoms with Gasteiger partial charge in [0.15, 0.2) is 6.73 Å². The molecule has 1 aliphatic rings. The van der Waals surface area contributed by atoms with Crippen LogP contribution in [0.25, 0.3) is 10.9 Å². The van der Waals surface area contributed by atoms with Crippen LogP contribution in [-0.2, 0) is 16.2 Å². The Labute approximate surface area is 258 Å². The van der Waals surface area contributed by atoms with Gasteiger partial charge in [0.2, 0.25) is 0 Å². The van der Waals surface area contributed by atoms with E-state index < -0.39 is 6.16 Å². The normalized spacial score (nSPS) is 15.0. The quantitative estimate of drug-likeness (QED) is 0.166. The predicted octanol–water partition coefficient (Wildman–Crippen LogP) is 7.22. The first-order valence-electron chi connectivity index (χ1n) is 14.5. The van der Waals surface area contributed by atoms with Gasteiger partial charge in [-0.15, -0.1) is 0 Å². The van der Waals surface area contributed by atoms with Crippen LogP contribution >= 0.6 is 23.2 Å². The number of ether oxygens (including phenoxy) is 3. The van der Waals surface area contributed by atoms with E-state index in [1.54, 1.807) is 6.07 Å². The van der Waals surface area contributed by atoms with Gasteiger partial charge in [-0.05, 0) is 73.9 Å². The Morgan fingerprint density at radius 1 is 1.00 bits per heavy atom. The molecule has 1 saturated heterocycles. The molecular weight excluding hydrogens is 577 g/mol. The van der Waals surface area contributed by atoms with E-state index in [1.165, 1.54) is 10.6 Å². The summed E-state index contributed by atoms with van der Waals surface area (Å²) in [6, 6.07) is 14.6. The molecule has 0 aliphatic carbocycles. The van der Waals surface area contributed by atoms with E-state index in [0.29, 0.717) is 34.3 Å². The van der Waals surface area contributed by atoms with E-state index in [0.717, 1.165) is 56.6 Å². The number of rotatable bonds is 11. The Bertz CT molecular complexity index is 1410. The first-order chi connectivity index (χ1) is 20.0. The zero-order valence-electron chi connectivity index (χ0n) is 24.9. The van der Waals surface area contributed by atoms with Crippen LogP contribution in [0.4, 0.5) is 10.5 Å². The number of halogens is 2. The van der Waals surface area contributed by atoms with Crippen LogP contribution < -0.4 is 15.2 Å². The summed E-state index contributed by atoms with van der Waals surface area (Å²) in [6.07, 6.45) is 1.53. The molecule has 1 unspecified atom stereocenters. The number of anilines is 1. The number of aromatic nitrogens is 1. The van der Waals surface area contributed by atoms with E-state index in [9.17, 15) is 9.59 Å². The third kappa shape index (κ3) is 9.03. The van der Waals surface area contributed by atoms with Crippen molar-refractivity contribution in [2.45, 2.75) is 59.8 Å². The predicted molar refractivity (Wildman–Crippen MR) is 169 cm³/mol. The van der Waals surface area contributed by atoms with Gasteiger partial charge in [-0.1, -0.05) is 50.0 Å². The fourth-order valence-corrected chi connectivity index (χ4v) is 5.70. The van der Waals surface area contributed by atoms with Crippen molar-refractivity contribution in [3.63, 3.8) is 0 Å². The lowest BCUT2D eigenvalue weighted by Gasteiger charge is -2.36. The molecule has 0 amide bonds. The van der Waals surface area contributed by atoms with Gasteiger partial charge in [0, 0.05) is 38.3 Å². The Hall–Kier alpha value is -2.94. The number of carbonyl (C=O) groups excluding carboxylic acids is 1. The van der Waals surface area contributed by atoms with Crippen molar-refractivity contribution >= 4 is 45.9 Å². The monoisotopic (exact) mass is 617 g/mol. The Morgan fingerprint density at radius 3 is 2.48 bits per heavy atom. The summed E-state index contributed by atoms with van der Waals surface area (Å²) < 4.78 is 18.1. The fraction of sp³-hybridized carbons (Fsp3) is 0.500. The van der Waals surface area contributed by atoms with E-state index in [1.807, 2.05) is 43.3 Å². The summed E-state index contributed by atoms with van der Waals surface area (Å²) in [7, 11) is 0. The van der Waals surface area contributed by atoms with Crippen LogP contribution in [0.2, 0.25) is 10.0 Å². The molecule has 1 aliphatic heterocycles. The van der Waals surface area contributed by atoms with E-state index in [4.69, 9.17) is 37.4 Å². The van der Waals surface area contributed by atoms with Gasteiger partial charge in [-0.3, -0.25) is 14.3 Å². The van der Waals surface area contributed by atoms with Crippen molar-refractivity contribution in [2.24, 2.45) is 5.41 Å². The van der Waals surface area contributed by atoms with Crippen molar-refractivity contribution in [3.8, 4) is 5.75 Å². The molecule has 10 heteroatoms. The number of hydrogen-bond donors (Lipinski definition) is 0. The highest BCUT2D eigenvalue weighted by Gasteiger charge is 2.20. The summed E-state index contributed by atoms with van der Waals surface area (Å²) in [6.45, 7) is 13.2. The van der Waals surface area contributed by atoms with Gasteiger partial charge in [-0.2, -0.15) is 0 Å². The molecule has 8 nitrogen and oxygen atoms in total. The number of piperazine rings is 1. The minimum atomic E-state index is -0.794. The standard InChI is InChI=1S/C32H41Cl2N3O5/c1-23(21-32(2,3)4)42-31(39)41-22-37-28-20-25(12-10-24(28)11-13-29(37)38)40-19-6-5-14-35-15-17-36(18-16-35)27-9-7-8-26(33)30(27)34/h7-13,20,23H,5-6,14-19,21-22H2,1-4H3. The average Bonchev–Trinajstić information content (AvgIpc) is 2.93. The van der Waals surface area contributed by atoms with E-state index in [-0.39, 0.29) is 23.8 Å². The number of unbranched alkanes of at least 4 members (excludes halogenated alkanes) is 1. The highest BCUT2D eigenvalue weighted by atomic mass is 35.5. The SMILES string of the molecule is CC(CC(C)(C)C)OC(=O)OCn1c(=O)ccc2ccc(OCCCCN3CCN(c4cccc(Cl)c4Cl)CC3)cc21. The summed E-state index contributed by atoms with van der Waals surface area (Å²) in [5.74, 6) is 0.662. The fourth-order valence-electron chi connectivity index (χ4n) is 5.29. The van der Waals surface area contributed by atoms with Crippen LogP contribution in [0.3, 0.4) is 0 Å². The lowest BCUT2D eigenvalue weighted by atomic mass is 9.90. The molecule has 3 aromatic rings. The van der Waals surface area contributed by atoms with Crippen LogP contribution in [0.1, 0.15) is 47.0 Å². The van der Waals surface area contributed by atoms with Gasteiger partial charge >= 0.3 is 6.16 Å². The van der Waals surface area contributed by atoms with Crippen molar-refractivity contribution < 1.29 is 19.0 Å². The Kier molecular flexibility index (Phi) is 11.0.